The smallest absolute Gasteiger partial charge is 0.337 e. The minimum atomic E-state index is -0.335. The third-order valence-electron chi connectivity index (χ3n) is 8.96. The van der Waals surface area contributed by atoms with Gasteiger partial charge in [0.25, 0.3) is 0 Å². The van der Waals surface area contributed by atoms with E-state index in [1.807, 2.05) is 25.3 Å². The summed E-state index contributed by atoms with van der Waals surface area (Å²) in [6.45, 7) is 2.82. The first-order valence-electron chi connectivity index (χ1n) is 12.0. The Kier molecular flexibility index (Phi) is 4.41. The molecule has 1 atom stereocenters. The highest BCUT2D eigenvalue weighted by atomic mass is 16.5. The molecule has 0 amide bonds. The van der Waals surface area contributed by atoms with Crippen LogP contribution in [0.5, 0.6) is 11.5 Å². The molecule has 0 spiro atoms. The van der Waals surface area contributed by atoms with Crippen molar-refractivity contribution >= 4 is 5.97 Å². The van der Waals surface area contributed by atoms with Crippen molar-refractivity contribution in [2.75, 3.05) is 20.8 Å². The Balaban J connectivity index is 1.42. The topological polar surface area (TPSA) is 44.8 Å². The van der Waals surface area contributed by atoms with Gasteiger partial charge in [-0.2, -0.15) is 0 Å². The lowest BCUT2D eigenvalue weighted by Gasteiger charge is -2.57. The third-order valence-corrected chi connectivity index (χ3v) is 8.96. The van der Waals surface area contributed by atoms with Crippen molar-refractivity contribution in [1.82, 2.24) is 0 Å². The lowest BCUT2D eigenvalue weighted by molar-refractivity contribution is -0.00622. The Bertz CT molecular complexity index is 1050. The lowest BCUT2D eigenvalue weighted by Crippen LogP contribution is -2.48. The van der Waals surface area contributed by atoms with Crippen LogP contribution in [0.3, 0.4) is 0 Å². The monoisotopic (exact) mass is 432 g/mol. The number of methoxy groups -OCH3 is 2. The molecule has 0 aromatic heterocycles. The van der Waals surface area contributed by atoms with Gasteiger partial charge in [-0.05, 0) is 92.4 Å². The molecule has 0 N–H and O–H groups in total. The summed E-state index contributed by atoms with van der Waals surface area (Å²) < 4.78 is 16.9. The molecule has 4 bridgehead atoms. The normalized spacial score (nSPS) is 34.2. The van der Waals surface area contributed by atoms with Crippen LogP contribution in [0.1, 0.15) is 72.5 Å². The van der Waals surface area contributed by atoms with Crippen LogP contribution in [0.25, 0.3) is 0 Å². The maximum Gasteiger partial charge on any atom is 0.337 e. The van der Waals surface area contributed by atoms with E-state index in [0.29, 0.717) is 12.2 Å². The summed E-state index contributed by atoms with van der Waals surface area (Å²) in [7, 11) is 3.22. The fraction of sp³-hybridized carbons (Fsp3) is 0.536. The first-order valence-corrected chi connectivity index (χ1v) is 12.0. The third kappa shape index (κ3) is 2.84. The number of carbonyl (C=O) groups excluding carboxylic acids is 1. The molecule has 0 saturated heterocycles. The molecule has 1 heterocycles. The Hall–Kier alpha value is -2.49. The van der Waals surface area contributed by atoms with Crippen LogP contribution in [0.15, 0.2) is 36.4 Å². The molecule has 4 saturated carbocycles. The van der Waals surface area contributed by atoms with Crippen LogP contribution < -0.4 is 9.47 Å². The zero-order valence-electron chi connectivity index (χ0n) is 19.3. The molecule has 168 valence electrons. The van der Waals surface area contributed by atoms with E-state index in [1.54, 1.807) is 0 Å². The standard InChI is InChI=1S/C28H32O4/c1-27(16-32-25-11-20(26(29)31-3)4-6-22(25)27)21-5-7-24(30-2)23(12-21)28-13-17-8-18(14-28)10-19(9-17)15-28/h4-7,11-12,17-19H,8-10,13-16H2,1-3H3. The Morgan fingerprint density at radius 3 is 2.25 bits per heavy atom. The predicted octanol–water partition coefficient (Wildman–Crippen LogP) is 5.65. The average Bonchev–Trinajstić information content (AvgIpc) is 3.14. The molecule has 5 aliphatic rings. The van der Waals surface area contributed by atoms with Crippen molar-refractivity contribution in [1.29, 1.82) is 0 Å². The van der Waals surface area contributed by atoms with Crippen LogP contribution in [-0.2, 0) is 15.6 Å². The number of ether oxygens (including phenoxy) is 3. The van der Waals surface area contributed by atoms with E-state index < -0.39 is 0 Å². The largest absolute Gasteiger partial charge is 0.496 e. The zero-order chi connectivity index (χ0) is 22.1. The van der Waals surface area contributed by atoms with Gasteiger partial charge in [0, 0.05) is 11.1 Å². The highest BCUT2D eigenvalue weighted by Gasteiger charge is 2.53. The molecule has 32 heavy (non-hydrogen) atoms. The second-order valence-corrected chi connectivity index (χ2v) is 10.9. The highest BCUT2D eigenvalue weighted by Crippen LogP contribution is 2.62. The SMILES string of the molecule is COC(=O)c1ccc2c(c1)OCC2(C)c1ccc(OC)c(C23CC4CC(CC(C4)C2)C3)c1. The number of hydrogen-bond acceptors (Lipinski definition) is 4. The van der Waals surface area contributed by atoms with Gasteiger partial charge < -0.3 is 14.2 Å². The second kappa shape index (κ2) is 7.00. The van der Waals surface area contributed by atoms with Gasteiger partial charge in [-0.3, -0.25) is 0 Å². The number of rotatable bonds is 4. The molecular weight excluding hydrogens is 400 g/mol. The summed E-state index contributed by atoms with van der Waals surface area (Å²) in [5, 5.41) is 0. The molecule has 4 fully saturated rings. The molecule has 1 unspecified atom stereocenters. The van der Waals surface area contributed by atoms with Gasteiger partial charge in [-0.25, -0.2) is 4.79 Å². The molecule has 7 rings (SSSR count). The fourth-order valence-electron chi connectivity index (χ4n) is 7.79. The maximum atomic E-state index is 12.0. The fourth-order valence-corrected chi connectivity index (χ4v) is 7.79. The Labute approximate surface area is 190 Å². The maximum absolute atomic E-state index is 12.0. The molecule has 1 aliphatic heterocycles. The van der Waals surface area contributed by atoms with Gasteiger partial charge in [-0.15, -0.1) is 0 Å². The van der Waals surface area contributed by atoms with Gasteiger partial charge in [0.05, 0.1) is 25.2 Å². The van der Waals surface area contributed by atoms with Crippen LogP contribution in [0, 0.1) is 17.8 Å². The zero-order valence-corrected chi connectivity index (χ0v) is 19.3. The van der Waals surface area contributed by atoms with Gasteiger partial charge in [0.2, 0.25) is 0 Å². The van der Waals surface area contributed by atoms with E-state index in [4.69, 9.17) is 14.2 Å². The summed E-state index contributed by atoms with van der Waals surface area (Å²) in [5.41, 5.74) is 4.36. The first-order chi connectivity index (χ1) is 15.4. The number of hydrogen-bond donors (Lipinski definition) is 0. The van der Waals surface area contributed by atoms with Gasteiger partial charge in [0.1, 0.15) is 18.1 Å². The molecule has 0 radical (unpaired) electrons. The average molecular weight is 433 g/mol. The molecule has 4 heteroatoms. The van der Waals surface area contributed by atoms with Crippen molar-refractivity contribution in [2.45, 2.75) is 56.3 Å². The van der Waals surface area contributed by atoms with Crippen LogP contribution in [-0.4, -0.2) is 26.8 Å². The van der Waals surface area contributed by atoms with E-state index in [0.717, 1.165) is 34.8 Å². The van der Waals surface area contributed by atoms with E-state index in [1.165, 1.54) is 56.8 Å². The molecule has 2 aromatic carbocycles. The second-order valence-electron chi connectivity index (χ2n) is 10.9. The lowest BCUT2D eigenvalue weighted by atomic mass is 9.48. The summed E-state index contributed by atoms with van der Waals surface area (Å²) >= 11 is 0. The van der Waals surface area contributed by atoms with Crippen molar-refractivity contribution < 1.29 is 19.0 Å². The van der Waals surface area contributed by atoms with Crippen LogP contribution >= 0.6 is 0 Å². The molecule has 2 aromatic rings. The van der Waals surface area contributed by atoms with Crippen molar-refractivity contribution in [3.63, 3.8) is 0 Å². The van der Waals surface area contributed by atoms with Crippen LogP contribution in [0.2, 0.25) is 0 Å². The quantitative estimate of drug-likeness (QED) is 0.586. The Morgan fingerprint density at radius 1 is 0.938 bits per heavy atom. The molecule has 4 aliphatic carbocycles. The first kappa shape index (κ1) is 20.1. The van der Waals surface area contributed by atoms with Crippen molar-refractivity contribution in [2.24, 2.45) is 17.8 Å². The van der Waals surface area contributed by atoms with Crippen molar-refractivity contribution in [3.05, 3.63) is 58.7 Å². The number of benzene rings is 2. The highest BCUT2D eigenvalue weighted by molar-refractivity contribution is 5.90. The van der Waals surface area contributed by atoms with E-state index in [2.05, 4.69) is 25.1 Å². The Morgan fingerprint density at radius 2 is 1.62 bits per heavy atom. The number of esters is 1. The number of fused-ring (bicyclic) bond motifs is 1. The van der Waals surface area contributed by atoms with Gasteiger partial charge >= 0.3 is 5.97 Å². The predicted molar refractivity (Wildman–Crippen MR) is 123 cm³/mol. The minimum Gasteiger partial charge on any atom is -0.496 e. The van der Waals surface area contributed by atoms with Gasteiger partial charge in [0.15, 0.2) is 0 Å². The summed E-state index contributed by atoms with van der Waals surface area (Å²) in [5.74, 6) is 4.15. The number of carbonyl (C=O) groups is 1. The van der Waals surface area contributed by atoms with Gasteiger partial charge in [-0.1, -0.05) is 18.2 Å². The summed E-state index contributed by atoms with van der Waals surface area (Å²) in [6, 6.07) is 12.5. The van der Waals surface area contributed by atoms with E-state index >= 15 is 0 Å². The van der Waals surface area contributed by atoms with Crippen molar-refractivity contribution in [3.8, 4) is 11.5 Å². The summed E-state index contributed by atoms with van der Waals surface area (Å²) in [4.78, 5) is 12.0. The minimum absolute atomic E-state index is 0.257. The molecular formula is C28H32O4. The van der Waals surface area contributed by atoms with E-state index in [9.17, 15) is 4.79 Å². The van der Waals surface area contributed by atoms with E-state index in [-0.39, 0.29) is 16.8 Å². The summed E-state index contributed by atoms with van der Waals surface area (Å²) in [6.07, 6.45) is 8.23. The van der Waals surface area contributed by atoms with Crippen LogP contribution in [0.4, 0.5) is 0 Å². The molecule has 4 nitrogen and oxygen atoms in total.